The molecule has 0 saturated heterocycles. The number of esters is 1. The number of nitrogens with two attached hydrogens (primary N) is 2. The molecule has 4 N–H and O–H groups in total. The molecule has 0 aromatic heterocycles. The first-order valence-electron chi connectivity index (χ1n) is 4.61. The van der Waals surface area contributed by atoms with Gasteiger partial charge in [0.15, 0.2) is 0 Å². The van der Waals surface area contributed by atoms with Crippen LogP contribution in [0.1, 0.15) is 16.8 Å². The highest BCUT2D eigenvalue weighted by Gasteiger charge is 2.14. The number of hydrogen-bond donors (Lipinski definition) is 2. The van der Waals surface area contributed by atoms with E-state index < -0.39 is 17.7 Å². The van der Waals surface area contributed by atoms with Gasteiger partial charge in [-0.3, -0.25) is 4.79 Å². The van der Waals surface area contributed by atoms with Gasteiger partial charge in [-0.25, -0.2) is 9.18 Å². The van der Waals surface area contributed by atoms with Crippen LogP contribution in [0.3, 0.4) is 0 Å². The summed E-state index contributed by atoms with van der Waals surface area (Å²) in [5, 5.41) is 0. The van der Waals surface area contributed by atoms with Gasteiger partial charge in [-0.1, -0.05) is 0 Å². The largest absolute Gasteiger partial charge is 0.462 e. The summed E-state index contributed by atoms with van der Waals surface area (Å²) in [5.74, 6) is -1.91. The lowest BCUT2D eigenvalue weighted by Gasteiger charge is -2.07. The summed E-state index contributed by atoms with van der Waals surface area (Å²) in [6.45, 7) is -0.127. The third-order valence-electron chi connectivity index (χ3n) is 1.89. The maximum Gasteiger partial charge on any atom is 0.339 e. The van der Waals surface area contributed by atoms with Crippen LogP contribution >= 0.6 is 15.9 Å². The quantitative estimate of drug-likeness (QED) is 0.645. The number of ether oxygens (including phenoxy) is 1. The monoisotopic (exact) mass is 304 g/mol. The number of hydrogen-bond acceptors (Lipinski definition) is 4. The molecule has 0 aliphatic heterocycles. The number of carbonyl (C=O) groups is 2. The van der Waals surface area contributed by atoms with Crippen LogP contribution in [0.2, 0.25) is 0 Å². The minimum Gasteiger partial charge on any atom is -0.462 e. The third kappa shape index (κ3) is 3.70. The molecule has 1 rings (SSSR count). The van der Waals surface area contributed by atoms with Crippen molar-refractivity contribution in [1.29, 1.82) is 0 Å². The van der Waals surface area contributed by atoms with E-state index in [4.69, 9.17) is 16.2 Å². The molecule has 7 heteroatoms. The highest BCUT2D eigenvalue weighted by Crippen LogP contribution is 2.23. The number of amides is 1. The summed E-state index contributed by atoms with van der Waals surface area (Å²) in [7, 11) is 0. The third-order valence-corrected chi connectivity index (χ3v) is 2.54. The highest BCUT2D eigenvalue weighted by molar-refractivity contribution is 9.10. The smallest absolute Gasteiger partial charge is 0.339 e. The van der Waals surface area contributed by atoms with Crippen LogP contribution in [0.25, 0.3) is 0 Å². The molecule has 0 unspecified atom stereocenters. The van der Waals surface area contributed by atoms with Gasteiger partial charge in [0.25, 0.3) is 0 Å². The van der Waals surface area contributed by atoms with Gasteiger partial charge in [-0.05, 0) is 28.1 Å². The van der Waals surface area contributed by atoms with Crippen molar-refractivity contribution in [3.63, 3.8) is 0 Å². The molecule has 1 aromatic carbocycles. The molecule has 0 atom stereocenters. The summed E-state index contributed by atoms with van der Waals surface area (Å²) in [6.07, 6.45) is -0.0694. The van der Waals surface area contributed by atoms with Crippen LogP contribution in [0.5, 0.6) is 0 Å². The molecule has 0 fully saturated rings. The molecule has 17 heavy (non-hydrogen) atoms. The molecule has 0 aliphatic carbocycles. The zero-order chi connectivity index (χ0) is 13.0. The number of benzene rings is 1. The zero-order valence-electron chi connectivity index (χ0n) is 8.70. The Labute approximate surface area is 105 Å². The molecular formula is C10H10BrFN2O3. The topological polar surface area (TPSA) is 95.4 Å². The summed E-state index contributed by atoms with van der Waals surface area (Å²) in [6, 6.07) is 2.23. The van der Waals surface area contributed by atoms with E-state index >= 15 is 0 Å². The molecule has 0 spiro atoms. The van der Waals surface area contributed by atoms with E-state index in [-0.39, 0.29) is 28.8 Å². The average Bonchev–Trinajstić information content (AvgIpc) is 2.22. The molecule has 0 aliphatic rings. The molecular weight excluding hydrogens is 295 g/mol. The Balaban J connectivity index is 2.75. The van der Waals surface area contributed by atoms with Crippen molar-refractivity contribution in [2.24, 2.45) is 5.73 Å². The zero-order valence-corrected chi connectivity index (χ0v) is 10.3. The molecule has 1 aromatic rings. The van der Waals surface area contributed by atoms with Crippen LogP contribution in [0.15, 0.2) is 16.6 Å². The van der Waals surface area contributed by atoms with Crippen molar-refractivity contribution in [3.05, 3.63) is 28.0 Å². The lowest BCUT2D eigenvalue weighted by atomic mass is 10.2. The lowest BCUT2D eigenvalue weighted by molar-refractivity contribution is -0.118. The average molecular weight is 305 g/mol. The molecule has 1 amide bonds. The van der Waals surface area contributed by atoms with Crippen molar-refractivity contribution < 1.29 is 18.7 Å². The van der Waals surface area contributed by atoms with Crippen LogP contribution in [0, 0.1) is 5.82 Å². The molecule has 0 bridgehead atoms. The van der Waals surface area contributed by atoms with Gasteiger partial charge in [-0.15, -0.1) is 0 Å². The lowest BCUT2D eigenvalue weighted by Crippen LogP contribution is -2.16. The van der Waals surface area contributed by atoms with Gasteiger partial charge in [-0.2, -0.15) is 0 Å². The number of primary amides is 1. The van der Waals surface area contributed by atoms with Gasteiger partial charge in [0.2, 0.25) is 5.91 Å². The minimum atomic E-state index is -0.704. The standard InChI is InChI=1S/C10H10BrFN2O3/c11-6-4-7(12)8(13)3-5(6)10(16)17-2-1-9(14)15/h3-4H,1-2,13H2,(H2,14,15). The maximum atomic E-state index is 13.0. The van der Waals surface area contributed by atoms with Gasteiger partial charge >= 0.3 is 5.97 Å². The fraction of sp³-hybridized carbons (Fsp3) is 0.200. The first-order chi connectivity index (χ1) is 7.91. The molecule has 0 radical (unpaired) electrons. The molecule has 0 saturated carbocycles. The normalized spacial score (nSPS) is 10.0. The number of carbonyl (C=O) groups excluding carboxylic acids is 2. The van der Waals surface area contributed by atoms with Crippen molar-refractivity contribution in [2.75, 3.05) is 12.3 Å². The van der Waals surface area contributed by atoms with Crippen molar-refractivity contribution in [3.8, 4) is 0 Å². The first-order valence-corrected chi connectivity index (χ1v) is 5.41. The Kier molecular flexibility index (Phi) is 4.45. The Morgan fingerprint density at radius 3 is 2.65 bits per heavy atom. The van der Waals surface area contributed by atoms with E-state index in [0.717, 1.165) is 12.1 Å². The molecule has 5 nitrogen and oxygen atoms in total. The predicted octanol–water partition coefficient (Wildman–Crippen LogP) is 1.20. The number of halogens is 2. The van der Waals surface area contributed by atoms with Crippen molar-refractivity contribution >= 4 is 33.5 Å². The summed E-state index contributed by atoms with van der Waals surface area (Å²) < 4.78 is 18.0. The summed E-state index contributed by atoms with van der Waals surface area (Å²) in [5.41, 5.74) is 10.1. The summed E-state index contributed by atoms with van der Waals surface area (Å²) in [4.78, 5) is 22.0. The number of anilines is 1. The second-order valence-electron chi connectivity index (χ2n) is 3.21. The van der Waals surface area contributed by atoms with Gasteiger partial charge < -0.3 is 16.2 Å². The fourth-order valence-corrected chi connectivity index (χ4v) is 1.52. The second kappa shape index (κ2) is 5.62. The Bertz CT molecular complexity index is 465. The number of nitrogen functional groups attached to an aromatic ring is 1. The van der Waals surface area contributed by atoms with E-state index in [1.54, 1.807) is 0 Å². The van der Waals surface area contributed by atoms with Crippen LogP contribution in [-0.4, -0.2) is 18.5 Å². The SMILES string of the molecule is NC(=O)CCOC(=O)c1cc(N)c(F)cc1Br. The Morgan fingerprint density at radius 2 is 2.06 bits per heavy atom. The molecule has 0 heterocycles. The van der Waals surface area contributed by atoms with Crippen molar-refractivity contribution in [1.82, 2.24) is 0 Å². The second-order valence-corrected chi connectivity index (χ2v) is 4.06. The van der Waals surface area contributed by atoms with Gasteiger partial charge in [0, 0.05) is 4.47 Å². The van der Waals surface area contributed by atoms with E-state index in [1.807, 2.05) is 0 Å². The van der Waals surface area contributed by atoms with E-state index in [1.165, 1.54) is 0 Å². The Hall–Kier alpha value is -1.63. The molecule has 92 valence electrons. The van der Waals surface area contributed by atoms with Crippen LogP contribution in [0.4, 0.5) is 10.1 Å². The first kappa shape index (κ1) is 13.4. The van der Waals surface area contributed by atoms with Gasteiger partial charge in [0.05, 0.1) is 17.7 Å². The van der Waals surface area contributed by atoms with E-state index in [0.29, 0.717) is 0 Å². The maximum absolute atomic E-state index is 13.0. The Morgan fingerprint density at radius 1 is 1.41 bits per heavy atom. The van der Waals surface area contributed by atoms with Gasteiger partial charge in [0.1, 0.15) is 12.4 Å². The predicted molar refractivity (Wildman–Crippen MR) is 62.6 cm³/mol. The van der Waals surface area contributed by atoms with Crippen LogP contribution < -0.4 is 11.5 Å². The van der Waals surface area contributed by atoms with E-state index in [9.17, 15) is 14.0 Å². The highest BCUT2D eigenvalue weighted by atomic mass is 79.9. The van der Waals surface area contributed by atoms with Crippen molar-refractivity contribution in [2.45, 2.75) is 6.42 Å². The fourth-order valence-electron chi connectivity index (χ4n) is 1.04. The van der Waals surface area contributed by atoms with Crippen LogP contribution in [-0.2, 0) is 9.53 Å². The minimum absolute atomic E-state index is 0.0694. The number of rotatable bonds is 4. The van der Waals surface area contributed by atoms with E-state index in [2.05, 4.69) is 15.9 Å². The summed E-state index contributed by atoms with van der Waals surface area (Å²) >= 11 is 3.01.